The number of rotatable bonds is 3. The minimum atomic E-state index is -3.66. The summed E-state index contributed by atoms with van der Waals surface area (Å²) in [7, 11) is -3.66. The highest BCUT2D eigenvalue weighted by Gasteiger charge is 2.30. The summed E-state index contributed by atoms with van der Waals surface area (Å²) in [6.45, 7) is 2.27. The van der Waals surface area contributed by atoms with Crippen LogP contribution in [0, 0.1) is 6.92 Å². The van der Waals surface area contributed by atoms with E-state index in [9.17, 15) is 13.2 Å². The molecular formula is C13H18N2O4S. The second kappa shape index (κ2) is 5.51. The smallest absolute Gasteiger partial charge is 0.335 e. The quantitative estimate of drug-likeness (QED) is 0.860. The van der Waals surface area contributed by atoms with Crippen molar-refractivity contribution in [2.24, 2.45) is 5.73 Å². The van der Waals surface area contributed by atoms with E-state index in [1.165, 1.54) is 29.4 Å². The van der Waals surface area contributed by atoms with E-state index in [1.807, 2.05) is 0 Å². The van der Waals surface area contributed by atoms with Gasteiger partial charge in [-0.1, -0.05) is 6.07 Å². The topological polar surface area (TPSA) is 101 Å². The van der Waals surface area contributed by atoms with Gasteiger partial charge in [-0.05, 0) is 37.5 Å². The van der Waals surface area contributed by atoms with Crippen molar-refractivity contribution in [3.8, 4) is 0 Å². The molecule has 7 heteroatoms. The Morgan fingerprint density at radius 1 is 1.35 bits per heavy atom. The number of carboxylic acid groups (broad SMARTS) is 1. The highest BCUT2D eigenvalue weighted by atomic mass is 32.2. The summed E-state index contributed by atoms with van der Waals surface area (Å²) >= 11 is 0. The Morgan fingerprint density at radius 3 is 2.50 bits per heavy atom. The highest BCUT2D eigenvalue weighted by molar-refractivity contribution is 7.89. The molecule has 1 aromatic rings. The molecule has 0 spiro atoms. The first kappa shape index (κ1) is 15.0. The summed E-state index contributed by atoms with van der Waals surface area (Å²) in [5, 5.41) is 9.08. The number of sulfonamides is 1. The highest BCUT2D eigenvalue weighted by Crippen LogP contribution is 2.25. The second-order valence-corrected chi connectivity index (χ2v) is 6.88. The largest absolute Gasteiger partial charge is 0.478 e. The molecule has 0 saturated carbocycles. The first-order valence-electron chi connectivity index (χ1n) is 6.42. The number of nitrogens with two attached hydrogens (primary N) is 1. The maximum atomic E-state index is 12.6. The summed E-state index contributed by atoms with van der Waals surface area (Å²) < 4.78 is 26.5. The molecule has 1 fully saturated rings. The van der Waals surface area contributed by atoms with Gasteiger partial charge in [-0.25, -0.2) is 13.2 Å². The van der Waals surface area contributed by atoms with Crippen molar-refractivity contribution < 1.29 is 18.3 Å². The molecule has 1 aliphatic heterocycles. The standard InChI is InChI=1S/C13H18N2O4S/c1-9-11(13(16)17)3-2-4-12(9)20(18,19)15-7-5-10(14)6-8-15/h2-4,10H,5-8,14H2,1H3,(H,16,17). The Bertz CT molecular complexity index is 619. The van der Waals surface area contributed by atoms with Gasteiger partial charge < -0.3 is 10.8 Å². The summed E-state index contributed by atoms with van der Waals surface area (Å²) in [6, 6.07) is 4.35. The SMILES string of the molecule is Cc1c(C(=O)O)cccc1S(=O)(=O)N1CCC(N)CC1. The van der Waals surface area contributed by atoms with Crippen LogP contribution in [0.15, 0.2) is 23.1 Å². The van der Waals surface area contributed by atoms with Crippen LogP contribution in [0.1, 0.15) is 28.8 Å². The average molecular weight is 298 g/mol. The van der Waals surface area contributed by atoms with Gasteiger partial charge in [0, 0.05) is 19.1 Å². The minimum Gasteiger partial charge on any atom is -0.478 e. The van der Waals surface area contributed by atoms with Gasteiger partial charge in [-0.15, -0.1) is 0 Å². The Labute approximate surface area is 118 Å². The first-order chi connectivity index (χ1) is 9.34. The molecule has 0 radical (unpaired) electrons. The van der Waals surface area contributed by atoms with E-state index >= 15 is 0 Å². The molecule has 3 N–H and O–H groups in total. The van der Waals surface area contributed by atoms with Gasteiger partial charge >= 0.3 is 5.97 Å². The number of aromatic carboxylic acids is 1. The lowest BCUT2D eigenvalue weighted by Gasteiger charge is -2.29. The summed E-state index contributed by atoms with van der Waals surface area (Å²) in [4.78, 5) is 11.2. The zero-order chi connectivity index (χ0) is 14.9. The van der Waals surface area contributed by atoms with Gasteiger partial charge in [0.1, 0.15) is 0 Å². The fourth-order valence-electron chi connectivity index (χ4n) is 2.38. The Balaban J connectivity index is 2.40. The van der Waals surface area contributed by atoms with Gasteiger partial charge in [0.2, 0.25) is 10.0 Å². The fourth-order valence-corrected chi connectivity index (χ4v) is 4.10. The third kappa shape index (κ3) is 2.70. The van der Waals surface area contributed by atoms with Crippen molar-refractivity contribution in [3.63, 3.8) is 0 Å². The van der Waals surface area contributed by atoms with E-state index in [2.05, 4.69) is 0 Å². The zero-order valence-corrected chi connectivity index (χ0v) is 12.1. The summed E-state index contributed by atoms with van der Waals surface area (Å²) in [5.41, 5.74) is 6.06. The van der Waals surface area contributed by atoms with Crippen LogP contribution in [0.5, 0.6) is 0 Å². The molecule has 0 unspecified atom stereocenters. The van der Waals surface area contributed by atoms with Crippen LogP contribution in [0.3, 0.4) is 0 Å². The summed E-state index contributed by atoms with van der Waals surface area (Å²) in [5.74, 6) is -1.12. The lowest BCUT2D eigenvalue weighted by molar-refractivity contribution is 0.0696. The summed E-state index contributed by atoms with van der Waals surface area (Å²) in [6.07, 6.45) is 1.24. The lowest BCUT2D eigenvalue weighted by Crippen LogP contribution is -2.43. The van der Waals surface area contributed by atoms with E-state index in [0.717, 1.165) is 0 Å². The van der Waals surface area contributed by atoms with Gasteiger partial charge in [0.15, 0.2) is 0 Å². The molecule has 110 valence electrons. The maximum Gasteiger partial charge on any atom is 0.335 e. The number of nitrogens with zero attached hydrogens (tertiary/aromatic N) is 1. The van der Waals surface area contributed by atoms with Crippen LogP contribution in [0.4, 0.5) is 0 Å². The van der Waals surface area contributed by atoms with Crippen LogP contribution in [-0.4, -0.2) is 42.9 Å². The van der Waals surface area contributed by atoms with Crippen molar-refractivity contribution in [2.45, 2.75) is 30.7 Å². The predicted molar refractivity (Wildman–Crippen MR) is 74.1 cm³/mol. The van der Waals surface area contributed by atoms with Crippen molar-refractivity contribution in [2.75, 3.05) is 13.1 Å². The van der Waals surface area contributed by atoms with E-state index in [1.54, 1.807) is 0 Å². The minimum absolute atomic E-state index is 0.0137. The zero-order valence-electron chi connectivity index (χ0n) is 11.2. The Morgan fingerprint density at radius 2 is 1.95 bits per heavy atom. The normalized spacial score (nSPS) is 18.1. The van der Waals surface area contributed by atoms with Crippen LogP contribution in [0.25, 0.3) is 0 Å². The number of piperidine rings is 1. The van der Waals surface area contributed by atoms with E-state index in [-0.39, 0.29) is 22.1 Å². The third-order valence-corrected chi connectivity index (χ3v) is 5.67. The third-order valence-electron chi connectivity index (χ3n) is 3.63. The molecule has 0 atom stereocenters. The molecule has 0 aliphatic carbocycles. The molecule has 1 aromatic carbocycles. The average Bonchev–Trinajstić information content (AvgIpc) is 2.38. The lowest BCUT2D eigenvalue weighted by atomic mass is 10.1. The van der Waals surface area contributed by atoms with Crippen molar-refractivity contribution in [3.05, 3.63) is 29.3 Å². The van der Waals surface area contributed by atoms with Crippen molar-refractivity contribution in [1.29, 1.82) is 0 Å². The molecule has 20 heavy (non-hydrogen) atoms. The van der Waals surface area contributed by atoms with Crippen LogP contribution < -0.4 is 5.73 Å². The molecule has 0 bridgehead atoms. The van der Waals surface area contributed by atoms with Gasteiger partial charge in [0.25, 0.3) is 0 Å². The molecule has 1 saturated heterocycles. The van der Waals surface area contributed by atoms with Gasteiger partial charge in [-0.2, -0.15) is 4.31 Å². The van der Waals surface area contributed by atoms with Crippen LogP contribution in [0.2, 0.25) is 0 Å². The molecule has 6 nitrogen and oxygen atoms in total. The molecule has 0 amide bonds. The molecule has 1 aliphatic rings. The van der Waals surface area contributed by atoms with E-state index in [0.29, 0.717) is 25.9 Å². The number of carboxylic acids is 1. The van der Waals surface area contributed by atoms with E-state index < -0.39 is 16.0 Å². The molecule has 2 rings (SSSR count). The Hall–Kier alpha value is -1.44. The fraction of sp³-hybridized carbons (Fsp3) is 0.462. The number of hydrogen-bond acceptors (Lipinski definition) is 4. The van der Waals surface area contributed by atoms with Crippen molar-refractivity contribution in [1.82, 2.24) is 4.31 Å². The van der Waals surface area contributed by atoms with Crippen molar-refractivity contribution >= 4 is 16.0 Å². The second-order valence-electron chi connectivity index (χ2n) is 4.98. The Kier molecular flexibility index (Phi) is 4.12. The number of carbonyl (C=O) groups is 1. The van der Waals surface area contributed by atoms with E-state index in [4.69, 9.17) is 10.8 Å². The molecule has 1 heterocycles. The number of hydrogen-bond donors (Lipinski definition) is 2. The molecular weight excluding hydrogens is 280 g/mol. The number of benzene rings is 1. The van der Waals surface area contributed by atoms with Crippen LogP contribution >= 0.6 is 0 Å². The first-order valence-corrected chi connectivity index (χ1v) is 7.86. The van der Waals surface area contributed by atoms with Gasteiger partial charge in [0.05, 0.1) is 10.5 Å². The van der Waals surface area contributed by atoms with Gasteiger partial charge in [-0.3, -0.25) is 0 Å². The predicted octanol–water partition coefficient (Wildman–Crippen LogP) is 0.805. The van der Waals surface area contributed by atoms with Crippen LogP contribution in [-0.2, 0) is 10.0 Å². The maximum absolute atomic E-state index is 12.6. The molecule has 0 aromatic heterocycles. The monoisotopic (exact) mass is 298 g/mol.